The lowest BCUT2D eigenvalue weighted by Gasteiger charge is -2.14. The van der Waals surface area contributed by atoms with Gasteiger partial charge in [0.15, 0.2) is 5.16 Å². The van der Waals surface area contributed by atoms with Crippen molar-refractivity contribution in [3.8, 4) is 11.5 Å². The van der Waals surface area contributed by atoms with Crippen LogP contribution in [0.4, 0.5) is 5.69 Å². The summed E-state index contributed by atoms with van der Waals surface area (Å²) in [6.45, 7) is 2.86. The Labute approximate surface area is 183 Å². The molecule has 1 amide bonds. The Morgan fingerprint density at radius 2 is 2.13 bits per heavy atom. The molecule has 1 unspecified atom stereocenters. The highest BCUT2D eigenvalue weighted by Gasteiger charge is 2.26. The van der Waals surface area contributed by atoms with E-state index < -0.39 is 0 Å². The van der Waals surface area contributed by atoms with Gasteiger partial charge in [0.2, 0.25) is 5.91 Å². The van der Waals surface area contributed by atoms with Gasteiger partial charge in [-0.3, -0.25) is 14.2 Å². The minimum absolute atomic E-state index is 0.0638. The number of nitrogens with one attached hydrogen (secondary N) is 1. The van der Waals surface area contributed by atoms with E-state index in [1.54, 1.807) is 48.7 Å². The van der Waals surface area contributed by atoms with Crippen LogP contribution in [0.25, 0.3) is 0 Å². The zero-order valence-corrected chi connectivity index (χ0v) is 19.0. The van der Waals surface area contributed by atoms with Crippen LogP contribution in [0.3, 0.4) is 0 Å². The fourth-order valence-electron chi connectivity index (χ4n) is 3.04. The monoisotopic (exact) mass is 451 g/mol. The first-order valence-corrected chi connectivity index (χ1v) is 11.3. The number of ether oxygens (including phenoxy) is 3. The summed E-state index contributed by atoms with van der Waals surface area (Å²) in [6.07, 6.45) is 0.753. The Morgan fingerprint density at radius 1 is 1.33 bits per heavy atom. The predicted molar refractivity (Wildman–Crippen MR) is 118 cm³/mol. The van der Waals surface area contributed by atoms with Gasteiger partial charge in [0.25, 0.3) is 5.56 Å². The number of hydrogen-bond acceptors (Lipinski definition) is 8. The minimum Gasteiger partial charge on any atom is -0.497 e. The van der Waals surface area contributed by atoms with Crippen molar-refractivity contribution in [2.75, 3.05) is 39.0 Å². The SMILES string of the molecule is COCCn1c(SCC(=O)Nc2ccc(OC)cc2OC)nc2c(c1=O)SC(C)C2. The van der Waals surface area contributed by atoms with Crippen molar-refractivity contribution >= 4 is 35.1 Å². The second-order valence-corrected chi connectivity index (χ2v) is 9.05. The summed E-state index contributed by atoms with van der Waals surface area (Å²) in [7, 11) is 4.68. The third-order valence-electron chi connectivity index (χ3n) is 4.50. The van der Waals surface area contributed by atoms with Gasteiger partial charge in [-0.2, -0.15) is 0 Å². The molecule has 10 heteroatoms. The molecule has 0 spiro atoms. The second kappa shape index (κ2) is 10.2. The summed E-state index contributed by atoms with van der Waals surface area (Å²) in [5.74, 6) is 1.03. The van der Waals surface area contributed by atoms with Crippen molar-refractivity contribution in [3.63, 3.8) is 0 Å². The molecule has 30 heavy (non-hydrogen) atoms. The fraction of sp³-hybridized carbons (Fsp3) is 0.450. The maximum Gasteiger partial charge on any atom is 0.268 e. The lowest BCUT2D eigenvalue weighted by Crippen LogP contribution is -2.27. The third kappa shape index (κ3) is 5.11. The molecule has 3 rings (SSSR count). The smallest absolute Gasteiger partial charge is 0.268 e. The first-order valence-electron chi connectivity index (χ1n) is 9.40. The molecule has 0 fully saturated rings. The Hall–Kier alpha value is -2.17. The summed E-state index contributed by atoms with van der Waals surface area (Å²) >= 11 is 2.79. The van der Waals surface area contributed by atoms with E-state index in [1.165, 1.54) is 18.9 Å². The molecule has 0 bridgehead atoms. The summed E-state index contributed by atoms with van der Waals surface area (Å²) in [6, 6.07) is 5.17. The standard InChI is InChI=1S/C20H25N3O5S2/c1-12-9-15-18(30-12)19(25)23(7-8-26-2)20(22-15)29-11-17(24)21-14-6-5-13(27-3)10-16(14)28-4/h5-6,10,12H,7-9,11H2,1-4H3,(H,21,24). The summed E-state index contributed by atoms with van der Waals surface area (Å²) in [4.78, 5) is 30.8. The molecule has 2 heterocycles. The normalized spacial score (nSPS) is 15.0. The Morgan fingerprint density at radius 3 is 2.83 bits per heavy atom. The van der Waals surface area contributed by atoms with Gasteiger partial charge in [-0.05, 0) is 12.1 Å². The number of rotatable bonds is 9. The molecular formula is C20H25N3O5S2. The largest absolute Gasteiger partial charge is 0.497 e. The maximum atomic E-state index is 12.9. The van der Waals surface area contributed by atoms with Crippen molar-refractivity contribution in [3.05, 3.63) is 34.2 Å². The highest BCUT2D eigenvalue weighted by atomic mass is 32.2. The average Bonchev–Trinajstić information content (AvgIpc) is 3.12. The molecule has 0 saturated heterocycles. The molecule has 2 aromatic rings. The van der Waals surface area contributed by atoms with Crippen LogP contribution in [0, 0.1) is 0 Å². The van der Waals surface area contributed by atoms with Gasteiger partial charge in [0, 0.05) is 24.8 Å². The van der Waals surface area contributed by atoms with E-state index >= 15 is 0 Å². The first kappa shape index (κ1) is 22.5. The van der Waals surface area contributed by atoms with E-state index in [-0.39, 0.29) is 17.2 Å². The zero-order chi connectivity index (χ0) is 21.7. The number of benzene rings is 1. The highest BCUT2D eigenvalue weighted by Crippen LogP contribution is 2.34. The zero-order valence-electron chi connectivity index (χ0n) is 17.4. The van der Waals surface area contributed by atoms with E-state index in [0.29, 0.717) is 45.6 Å². The number of aromatic nitrogens is 2. The van der Waals surface area contributed by atoms with Gasteiger partial charge in [-0.15, -0.1) is 11.8 Å². The summed E-state index contributed by atoms with van der Waals surface area (Å²) in [5.41, 5.74) is 1.30. The molecule has 0 saturated carbocycles. The quantitative estimate of drug-likeness (QED) is 0.460. The van der Waals surface area contributed by atoms with Gasteiger partial charge in [0.05, 0.1) is 49.4 Å². The van der Waals surface area contributed by atoms with Crippen LogP contribution in [-0.4, -0.2) is 54.4 Å². The Kier molecular flexibility index (Phi) is 7.68. The van der Waals surface area contributed by atoms with E-state index in [1.807, 2.05) is 0 Å². The molecule has 1 aliphatic heterocycles. The molecular weight excluding hydrogens is 426 g/mol. The van der Waals surface area contributed by atoms with E-state index in [2.05, 4.69) is 17.2 Å². The molecule has 8 nitrogen and oxygen atoms in total. The first-order chi connectivity index (χ1) is 14.5. The van der Waals surface area contributed by atoms with Gasteiger partial charge >= 0.3 is 0 Å². The number of thioether (sulfide) groups is 2. The molecule has 1 N–H and O–H groups in total. The number of anilines is 1. The minimum atomic E-state index is -0.223. The van der Waals surface area contributed by atoms with E-state index in [9.17, 15) is 9.59 Å². The maximum absolute atomic E-state index is 12.9. The van der Waals surface area contributed by atoms with Gasteiger partial charge in [-0.25, -0.2) is 4.98 Å². The van der Waals surface area contributed by atoms with Crippen molar-refractivity contribution in [2.45, 2.75) is 35.2 Å². The van der Waals surface area contributed by atoms with Crippen LogP contribution in [0.5, 0.6) is 11.5 Å². The summed E-state index contributed by atoms with van der Waals surface area (Å²) in [5, 5.41) is 3.69. The van der Waals surface area contributed by atoms with Crippen molar-refractivity contribution in [2.24, 2.45) is 0 Å². The third-order valence-corrected chi connectivity index (χ3v) is 6.69. The second-order valence-electron chi connectivity index (χ2n) is 6.66. The average molecular weight is 452 g/mol. The number of methoxy groups -OCH3 is 3. The van der Waals surface area contributed by atoms with E-state index in [4.69, 9.17) is 14.2 Å². The van der Waals surface area contributed by atoms with Crippen LogP contribution in [0.1, 0.15) is 12.6 Å². The van der Waals surface area contributed by atoms with Crippen molar-refractivity contribution in [1.82, 2.24) is 9.55 Å². The number of carbonyl (C=O) groups is 1. The van der Waals surface area contributed by atoms with Crippen LogP contribution in [0.2, 0.25) is 0 Å². The van der Waals surface area contributed by atoms with E-state index in [0.717, 1.165) is 12.1 Å². The molecule has 1 atom stereocenters. The summed E-state index contributed by atoms with van der Waals surface area (Å²) < 4.78 is 17.2. The molecule has 0 aliphatic carbocycles. The topological polar surface area (TPSA) is 91.7 Å². The lowest BCUT2D eigenvalue weighted by molar-refractivity contribution is -0.113. The number of nitrogens with zero attached hydrogens (tertiary/aromatic N) is 2. The van der Waals surface area contributed by atoms with Crippen LogP contribution in [0.15, 0.2) is 33.0 Å². The molecule has 1 aliphatic rings. The number of amides is 1. The molecule has 0 radical (unpaired) electrons. The van der Waals surface area contributed by atoms with Gasteiger partial charge < -0.3 is 19.5 Å². The molecule has 1 aromatic carbocycles. The van der Waals surface area contributed by atoms with Crippen LogP contribution >= 0.6 is 23.5 Å². The predicted octanol–water partition coefficient (Wildman–Crippen LogP) is 2.67. The number of carbonyl (C=O) groups excluding carboxylic acids is 1. The number of fused-ring (bicyclic) bond motifs is 1. The molecule has 1 aromatic heterocycles. The van der Waals surface area contributed by atoms with Crippen LogP contribution < -0.4 is 20.3 Å². The lowest BCUT2D eigenvalue weighted by atomic mass is 10.2. The number of hydrogen-bond donors (Lipinski definition) is 1. The van der Waals surface area contributed by atoms with Gasteiger partial charge in [-0.1, -0.05) is 18.7 Å². The van der Waals surface area contributed by atoms with Crippen molar-refractivity contribution < 1.29 is 19.0 Å². The highest BCUT2D eigenvalue weighted by molar-refractivity contribution is 8.00. The Balaban J connectivity index is 1.75. The fourth-order valence-corrected chi connectivity index (χ4v) is 5.00. The van der Waals surface area contributed by atoms with Gasteiger partial charge in [0.1, 0.15) is 11.5 Å². The van der Waals surface area contributed by atoms with Crippen molar-refractivity contribution in [1.29, 1.82) is 0 Å². The Bertz CT molecular complexity index is 980. The van der Waals surface area contributed by atoms with Crippen LogP contribution in [-0.2, 0) is 22.5 Å². The molecule has 162 valence electrons.